The van der Waals surface area contributed by atoms with Crippen molar-refractivity contribution in [2.45, 2.75) is 56.4 Å². The molecule has 3 fully saturated rings. The molecule has 0 radical (unpaired) electrons. The third kappa shape index (κ3) is 2.84. The molecule has 102 valence electrons. The van der Waals surface area contributed by atoms with Gasteiger partial charge in [0.2, 0.25) is 0 Å². The zero-order valence-electron chi connectivity index (χ0n) is 10.7. The van der Waals surface area contributed by atoms with Crippen molar-refractivity contribution in [3.8, 4) is 0 Å². The second kappa shape index (κ2) is 5.15. The first kappa shape index (κ1) is 12.4. The van der Waals surface area contributed by atoms with E-state index < -0.39 is 12.1 Å². The molecule has 1 aliphatic carbocycles. The molecule has 3 rings (SSSR count). The predicted molar refractivity (Wildman–Crippen MR) is 66.5 cm³/mol. The van der Waals surface area contributed by atoms with Gasteiger partial charge in [0.1, 0.15) is 0 Å². The van der Waals surface area contributed by atoms with Crippen LogP contribution in [0.25, 0.3) is 0 Å². The van der Waals surface area contributed by atoms with E-state index in [2.05, 4.69) is 10.2 Å². The monoisotopic (exact) mass is 254 g/mol. The number of carboxylic acids is 1. The maximum atomic E-state index is 10.8. The lowest BCUT2D eigenvalue weighted by atomic mass is 10.2. The van der Waals surface area contributed by atoms with E-state index in [9.17, 15) is 4.79 Å². The molecule has 0 aromatic heterocycles. The fourth-order valence-electron chi connectivity index (χ4n) is 3.06. The molecular weight excluding hydrogens is 232 g/mol. The minimum Gasteiger partial charge on any atom is -0.479 e. The summed E-state index contributed by atoms with van der Waals surface area (Å²) in [4.78, 5) is 13.4. The van der Waals surface area contributed by atoms with Gasteiger partial charge in [-0.2, -0.15) is 0 Å². The van der Waals surface area contributed by atoms with Crippen LogP contribution >= 0.6 is 0 Å². The summed E-state index contributed by atoms with van der Waals surface area (Å²) in [6.45, 7) is 3.16. The number of nitrogens with zero attached hydrogens (tertiary/aromatic N) is 1. The zero-order valence-corrected chi connectivity index (χ0v) is 10.7. The van der Waals surface area contributed by atoms with Crippen LogP contribution in [-0.4, -0.2) is 59.9 Å². The molecular formula is C13H22N2O3. The summed E-state index contributed by atoms with van der Waals surface area (Å²) in [6.07, 6.45) is 4.98. The van der Waals surface area contributed by atoms with E-state index in [0.717, 1.165) is 25.6 Å². The molecule has 0 aromatic rings. The van der Waals surface area contributed by atoms with Crippen LogP contribution in [0.3, 0.4) is 0 Å². The van der Waals surface area contributed by atoms with Crippen LogP contribution in [0, 0.1) is 0 Å². The molecule has 3 unspecified atom stereocenters. The smallest absolute Gasteiger partial charge is 0.332 e. The molecule has 2 heterocycles. The highest BCUT2D eigenvalue weighted by Gasteiger charge is 2.35. The number of aliphatic carboxylic acids is 1. The Morgan fingerprint density at radius 2 is 2.11 bits per heavy atom. The van der Waals surface area contributed by atoms with Crippen molar-refractivity contribution in [2.75, 3.05) is 19.6 Å². The molecule has 2 N–H and O–H groups in total. The fraction of sp³-hybridized carbons (Fsp3) is 0.923. The van der Waals surface area contributed by atoms with Crippen molar-refractivity contribution in [2.24, 2.45) is 0 Å². The third-order valence-corrected chi connectivity index (χ3v) is 4.30. The van der Waals surface area contributed by atoms with Crippen molar-refractivity contribution in [1.82, 2.24) is 10.2 Å². The van der Waals surface area contributed by atoms with Crippen LogP contribution in [0.2, 0.25) is 0 Å². The van der Waals surface area contributed by atoms with Gasteiger partial charge in [-0.15, -0.1) is 0 Å². The van der Waals surface area contributed by atoms with Crippen molar-refractivity contribution >= 4 is 5.97 Å². The Kier molecular flexibility index (Phi) is 3.54. The van der Waals surface area contributed by atoms with Gasteiger partial charge in [-0.3, -0.25) is 4.90 Å². The molecule has 5 nitrogen and oxygen atoms in total. The minimum absolute atomic E-state index is 0.0843. The van der Waals surface area contributed by atoms with E-state index in [-0.39, 0.29) is 6.10 Å². The predicted octanol–water partition coefficient (Wildman–Crippen LogP) is 0.445. The molecule has 0 spiro atoms. The zero-order chi connectivity index (χ0) is 12.5. The first-order valence-electron chi connectivity index (χ1n) is 7.08. The summed E-state index contributed by atoms with van der Waals surface area (Å²) in [7, 11) is 0. The fourth-order valence-corrected chi connectivity index (χ4v) is 3.06. The third-order valence-electron chi connectivity index (χ3n) is 4.30. The lowest BCUT2D eigenvalue weighted by Gasteiger charge is -2.18. The van der Waals surface area contributed by atoms with Crippen molar-refractivity contribution < 1.29 is 14.6 Å². The van der Waals surface area contributed by atoms with Crippen LogP contribution in [0.5, 0.6) is 0 Å². The van der Waals surface area contributed by atoms with Crippen molar-refractivity contribution in [3.05, 3.63) is 0 Å². The lowest BCUT2D eigenvalue weighted by molar-refractivity contribution is -0.149. The molecule has 0 aromatic carbocycles. The number of nitrogens with one attached hydrogen (secondary N) is 1. The van der Waals surface area contributed by atoms with Crippen LogP contribution in [0.4, 0.5) is 0 Å². The summed E-state index contributed by atoms with van der Waals surface area (Å²) in [5, 5.41) is 12.4. The van der Waals surface area contributed by atoms with Gasteiger partial charge in [0.25, 0.3) is 0 Å². The number of likely N-dealkylation sites (tertiary alicyclic amines) is 1. The van der Waals surface area contributed by atoms with Crippen LogP contribution < -0.4 is 5.32 Å². The first-order chi connectivity index (χ1) is 8.72. The lowest BCUT2D eigenvalue weighted by Crippen LogP contribution is -2.38. The highest BCUT2D eigenvalue weighted by Crippen LogP contribution is 2.29. The standard InChI is InChI=1S/C13H22N2O3/c16-13(17)12-4-3-11(18-12)7-14-9-5-6-15(8-9)10-1-2-10/h9-12,14H,1-8H2,(H,16,17). The van der Waals surface area contributed by atoms with E-state index in [1.807, 2.05) is 0 Å². The normalized spacial score (nSPS) is 37.2. The Hall–Kier alpha value is -0.650. The molecule has 2 aliphatic heterocycles. The molecule has 0 bridgehead atoms. The Labute approximate surface area is 107 Å². The Balaban J connectivity index is 1.36. The number of rotatable bonds is 5. The van der Waals surface area contributed by atoms with Crippen molar-refractivity contribution in [3.63, 3.8) is 0 Å². The summed E-state index contributed by atoms with van der Waals surface area (Å²) < 4.78 is 5.49. The quantitative estimate of drug-likeness (QED) is 0.745. The van der Waals surface area contributed by atoms with Gasteiger partial charge in [0, 0.05) is 31.7 Å². The van der Waals surface area contributed by atoms with Gasteiger partial charge in [-0.1, -0.05) is 0 Å². The highest BCUT2D eigenvalue weighted by molar-refractivity contribution is 5.72. The number of carbonyl (C=O) groups is 1. The van der Waals surface area contributed by atoms with E-state index in [1.165, 1.54) is 25.8 Å². The topological polar surface area (TPSA) is 61.8 Å². The van der Waals surface area contributed by atoms with Gasteiger partial charge in [0.05, 0.1) is 6.10 Å². The molecule has 3 atom stereocenters. The summed E-state index contributed by atoms with van der Waals surface area (Å²) in [6, 6.07) is 1.42. The number of ether oxygens (including phenoxy) is 1. The average molecular weight is 254 g/mol. The van der Waals surface area contributed by atoms with Gasteiger partial charge >= 0.3 is 5.97 Å². The molecule has 5 heteroatoms. The van der Waals surface area contributed by atoms with Crippen LogP contribution in [0.15, 0.2) is 0 Å². The second-order valence-electron chi connectivity index (χ2n) is 5.78. The minimum atomic E-state index is -0.821. The molecule has 18 heavy (non-hydrogen) atoms. The van der Waals surface area contributed by atoms with Crippen LogP contribution in [-0.2, 0) is 9.53 Å². The summed E-state index contributed by atoms with van der Waals surface area (Å²) >= 11 is 0. The van der Waals surface area contributed by atoms with E-state index in [1.54, 1.807) is 0 Å². The number of hydrogen-bond acceptors (Lipinski definition) is 4. The SMILES string of the molecule is O=C(O)C1CCC(CNC2CCN(C3CC3)C2)O1. The Morgan fingerprint density at radius 3 is 2.78 bits per heavy atom. The van der Waals surface area contributed by atoms with Crippen LogP contribution in [0.1, 0.15) is 32.1 Å². The van der Waals surface area contributed by atoms with Crippen molar-refractivity contribution in [1.29, 1.82) is 0 Å². The Morgan fingerprint density at radius 1 is 1.28 bits per heavy atom. The summed E-state index contributed by atoms with van der Waals surface area (Å²) in [5.74, 6) is -0.821. The number of carboxylic acid groups (broad SMARTS) is 1. The first-order valence-corrected chi connectivity index (χ1v) is 7.08. The molecule has 0 amide bonds. The largest absolute Gasteiger partial charge is 0.479 e. The maximum Gasteiger partial charge on any atom is 0.332 e. The number of hydrogen-bond donors (Lipinski definition) is 2. The highest BCUT2D eigenvalue weighted by atomic mass is 16.5. The average Bonchev–Trinajstić information content (AvgIpc) is 2.92. The Bertz CT molecular complexity index is 319. The van der Waals surface area contributed by atoms with E-state index in [0.29, 0.717) is 12.5 Å². The van der Waals surface area contributed by atoms with E-state index >= 15 is 0 Å². The van der Waals surface area contributed by atoms with E-state index in [4.69, 9.17) is 9.84 Å². The van der Waals surface area contributed by atoms with Gasteiger partial charge in [-0.05, 0) is 32.1 Å². The maximum absolute atomic E-state index is 10.8. The molecule has 2 saturated heterocycles. The summed E-state index contributed by atoms with van der Waals surface area (Å²) in [5.41, 5.74) is 0. The van der Waals surface area contributed by atoms with Gasteiger partial charge in [0.15, 0.2) is 6.10 Å². The van der Waals surface area contributed by atoms with Gasteiger partial charge < -0.3 is 15.2 Å². The molecule has 3 aliphatic rings. The molecule has 1 saturated carbocycles. The second-order valence-corrected chi connectivity index (χ2v) is 5.78. The van der Waals surface area contributed by atoms with Gasteiger partial charge in [-0.25, -0.2) is 4.79 Å².